The van der Waals surface area contributed by atoms with Gasteiger partial charge in [-0.3, -0.25) is 9.59 Å². The quantitative estimate of drug-likeness (QED) is 0.427. The number of carbonyl (C=O) groups excluding carboxylic acids is 2. The van der Waals surface area contributed by atoms with Crippen LogP contribution in [0.2, 0.25) is 0 Å². The first-order valence-corrected chi connectivity index (χ1v) is 13.9. The predicted octanol–water partition coefficient (Wildman–Crippen LogP) is 3.38. The number of halogens is 1. The molecule has 7 nitrogen and oxygen atoms in total. The van der Waals surface area contributed by atoms with Gasteiger partial charge in [-0.05, 0) is 69.4 Å². The number of aliphatic hydroxyl groups is 3. The molecule has 0 aromatic carbocycles. The Morgan fingerprint density at radius 1 is 1.16 bits per heavy atom. The van der Waals surface area contributed by atoms with Gasteiger partial charge in [0.2, 0.25) is 5.91 Å². The number of carbonyl (C=O) groups is 2. The van der Waals surface area contributed by atoms with E-state index in [0.29, 0.717) is 25.0 Å². The molecule has 37 heavy (non-hydrogen) atoms. The van der Waals surface area contributed by atoms with Crippen LogP contribution >= 0.6 is 0 Å². The van der Waals surface area contributed by atoms with Crippen LogP contribution in [0.5, 0.6) is 0 Å². The van der Waals surface area contributed by atoms with Crippen molar-refractivity contribution in [2.45, 2.75) is 95.9 Å². The number of hydrogen-bond acceptors (Lipinski definition) is 6. The van der Waals surface area contributed by atoms with Gasteiger partial charge in [-0.25, -0.2) is 9.82 Å². The number of alkyl halides is 1. The summed E-state index contributed by atoms with van der Waals surface area (Å²) in [6.45, 7) is 4.59. The van der Waals surface area contributed by atoms with Crippen LogP contribution in [-0.4, -0.2) is 56.7 Å². The minimum absolute atomic E-state index is 0.00926. The lowest BCUT2D eigenvalue weighted by atomic mass is 9.44. The van der Waals surface area contributed by atoms with Gasteiger partial charge in [-0.2, -0.15) is 5.10 Å². The molecule has 0 heterocycles. The van der Waals surface area contributed by atoms with Crippen LogP contribution in [0.15, 0.2) is 28.9 Å². The summed E-state index contributed by atoms with van der Waals surface area (Å²) in [4.78, 5) is 25.3. The number of amides is 1. The molecule has 4 fully saturated rings. The first-order chi connectivity index (χ1) is 17.4. The SMILES string of the molecule is C[C@@H]1C[C@H]2[C@@H]3CCC4=C/C(=N/NC(=O)C5CCCCC5)C=C[C@]4(C)[C@@]3(F)[C@@H](O)C[C@]2(C)[C@@]1(O)C(=O)CO. The molecule has 5 aliphatic rings. The lowest BCUT2D eigenvalue weighted by molar-refractivity contribution is -0.219. The fourth-order valence-corrected chi connectivity index (χ4v) is 8.92. The molecule has 1 amide bonds. The molecule has 0 aromatic rings. The summed E-state index contributed by atoms with van der Waals surface area (Å²) >= 11 is 0. The minimum Gasteiger partial charge on any atom is -0.390 e. The van der Waals surface area contributed by atoms with Gasteiger partial charge in [0.05, 0.1) is 11.8 Å². The second kappa shape index (κ2) is 9.09. The van der Waals surface area contributed by atoms with Crippen molar-refractivity contribution in [2.75, 3.05) is 6.61 Å². The van der Waals surface area contributed by atoms with Gasteiger partial charge in [0.15, 0.2) is 11.5 Å². The maximum Gasteiger partial charge on any atom is 0.243 e. The monoisotopic (exact) mass is 516 g/mol. The molecule has 0 saturated heterocycles. The number of nitrogens with zero attached hydrogens (tertiary/aromatic N) is 1. The fourth-order valence-electron chi connectivity index (χ4n) is 8.92. The summed E-state index contributed by atoms with van der Waals surface area (Å²) in [5.74, 6) is -2.05. The number of hydrazone groups is 1. The van der Waals surface area contributed by atoms with E-state index >= 15 is 4.39 Å². The summed E-state index contributed by atoms with van der Waals surface area (Å²) in [7, 11) is 0. The third-order valence-electron chi connectivity index (χ3n) is 11.1. The van der Waals surface area contributed by atoms with Crippen LogP contribution in [0.4, 0.5) is 4.39 Å². The molecular weight excluding hydrogens is 475 g/mol. The summed E-state index contributed by atoms with van der Waals surface area (Å²) < 4.78 is 17.4. The molecule has 8 atom stereocenters. The lowest BCUT2D eigenvalue weighted by Gasteiger charge is -2.62. The maximum absolute atomic E-state index is 17.4. The topological polar surface area (TPSA) is 119 Å². The number of hydrogen-bond donors (Lipinski definition) is 4. The van der Waals surface area contributed by atoms with Gasteiger partial charge < -0.3 is 15.3 Å². The second-order valence-electron chi connectivity index (χ2n) is 12.7. The Bertz CT molecular complexity index is 1070. The van der Waals surface area contributed by atoms with Gasteiger partial charge in [0.1, 0.15) is 12.2 Å². The highest BCUT2D eigenvalue weighted by molar-refractivity contribution is 6.06. The third-order valence-corrected chi connectivity index (χ3v) is 11.1. The van der Waals surface area contributed by atoms with Crippen LogP contribution < -0.4 is 5.43 Å². The van der Waals surface area contributed by atoms with Crippen molar-refractivity contribution in [1.82, 2.24) is 5.43 Å². The van der Waals surface area contributed by atoms with Crippen molar-refractivity contribution in [3.8, 4) is 0 Å². The Morgan fingerprint density at radius 3 is 2.54 bits per heavy atom. The van der Waals surface area contributed by atoms with E-state index in [0.717, 1.165) is 31.3 Å². The van der Waals surface area contributed by atoms with Gasteiger partial charge in [-0.15, -0.1) is 0 Å². The van der Waals surface area contributed by atoms with Gasteiger partial charge in [-0.1, -0.05) is 44.8 Å². The molecule has 0 radical (unpaired) electrons. The van der Waals surface area contributed by atoms with Crippen molar-refractivity contribution in [2.24, 2.45) is 39.6 Å². The molecule has 4 N–H and O–H groups in total. The van der Waals surface area contributed by atoms with E-state index in [9.17, 15) is 24.9 Å². The Hall–Kier alpha value is -1.90. The van der Waals surface area contributed by atoms with Crippen molar-refractivity contribution >= 4 is 17.4 Å². The number of Topliss-reactive ketones (excluding diaryl/α,β-unsaturated/α-hetero) is 1. The first-order valence-electron chi connectivity index (χ1n) is 13.9. The normalized spacial score (nSPS) is 46.6. The molecule has 5 aliphatic carbocycles. The van der Waals surface area contributed by atoms with Gasteiger partial charge in [0.25, 0.3) is 0 Å². The molecule has 0 spiro atoms. The maximum atomic E-state index is 17.4. The Kier molecular flexibility index (Phi) is 6.56. The van der Waals surface area contributed by atoms with Crippen LogP contribution in [0.25, 0.3) is 0 Å². The van der Waals surface area contributed by atoms with Crippen LogP contribution in [0.3, 0.4) is 0 Å². The molecule has 4 saturated carbocycles. The van der Waals surface area contributed by atoms with E-state index in [2.05, 4.69) is 10.5 Å². The average Bonchev–Trinajstić information content (AvgIpc) is 3.09. The molecule has 0 bridgehead atoms. The van der Waals surface area contributed by atoms with Crippen LogP contribution in [-0.2, 0) is 9.59 Å². The van der Waals surface area contributed by atoms with E-state index in [1.54, 1.807) is 26.0 Å². The molecule has 0 aromatic heterocycles. The molecule has 204 valence electrons. The van der Waals surface area contributed by atoms with E-state index in [1.165, 1.54) is 6.42 Å². The number of aliphatic hydroxyl groups excluding tert-OH is 2. The molecule has 0 unspecified atom stereocenters. The van der Waals surface area contributed by atoms with E-state index < -0.39 is 52.4 Å². The standard InChI is InChI=1S/C29H41FN2O5/c1-17-13-22-21-10-9-19-14-20(31-32-25(36)18-7-5-4-6-8-18)11-12-26(19,2)28(21,30)23(34)15-27(22,3)29(17,37)24(35)16-33/h11-12,14,17-18,21-23,33-34,37H,4-10,13,15-16H2,1-3H3,(H,32,36)/b31-20+/t17-,21+,22+,23+,26+,27+,28+,29+/m1/s1. The van der Waals surface area contributed by atoms with E-state index in [4.69, 9.17) is 0 Å². The highest BCUT2D eigenvalue weighted by Crippen LogP contribution is 2.70. The molecular formula is C29H41FN2O5. The van der Waals surface area contributed by atoms with Crippen molar-refractivity contribution in [3.05, 3.63) is 23.8 Å². The van der Waals surface area contributed by atoms with Gasteiger partial charge in [0, 0.05) is 22.7 Å². The molecule has 5 rings (SSSR count). The number of rotatable bonds is 4. The van der Waals surface area contributed by atoms with Crippen LogP contribution in [0, 0.1) is 34.5 Å². The third kappa shape index (κ3) is 3.58. The molecule has 8 heteroatoms. The summed E-state index contributed by atoms with van der Waals surface area (Å²) in [6, 6.07) is 0. The zero-order chi connectivity index (χ0) is 26.8. The molecule has 0 aliphatic heterocycles. The minimum atomic E-state index is -1.98. The lowest BCUT2D eigenvalue weighted by Crippen LogP contribution is -2.69. The first kappa shape index (κ1) is 26.7. The van der Waals surface area contributed by atoms with Crippen molar-refractivity contribution < 1.29 is 29.3 Å². The number of nitrogens with one attached hydrogen (secondary N) is 1. The zero-order valence-corrected chi connectivity index (χ0v) is 22.2. The summed E-state index contributed by atoms with van der Waals surface area (Å²) in [6.07, 6.45) is 10.4. The van der Waals surface area contributed by atoms with Crippen molar-refractivity contribution in [3.63, 3.8) is 0 Å². The zero-order valence-electron chi connectivity index (χ0n) is 22.2. The fraction of sp³-hybridized carbons (Fsp3) is 0.759. The number of fused-ring (bicyclic) bond motifs is 5. The summed E-state index contributed by atoms with van der Waals surface area (Å²) in [5, 5.41) is 36.9. The Morgan fingerprint density at radius 2 is 1.86 bits per heavy atom. The van der Waals surface area contributed by atoms with E-state index in [-0.39, 0.29) is 24.2 Å². The van der Waals surface area contributed by atoms with E-state index in [1.807, 2.05) is 13.0 Å². The smallest absolute Gasteiger partial charge is 0.243 e. The number of allylic oxidation sites excluding steroid dienone is 4. The predicted molar refractivity (Wildman–Crippen MR) is 137 cm³/mol. The van der Waals surface area contributed by atoms with Crippen molar-refractivity contribution in [1.29, 1.82) is 0 Å². The average molecular weight is 517 g/mol. The van der Waals surface area contributed by atoms with Crippen LogP contribution in [0.1, 0.15) is 78.6 Å². The second-order valence-corrected chi connectivity index (χ2v) is 12.7. The highest BCUT2D eigenvalue weighted by Gasteiger charge is 2.75. The Labute approximate surface area is 218 Å². The Balaban J connectivity index is 1.42. The summed E-state index contributed by atoms with van der Waals surface area (Å²) in [5.41, 5.74) is -1.80. The highest BCUT2D eigenvalue weighted by atomic mass is 19.1. The largest absolute Gasteiger partial charge is 0.390 e. The number of ketones is 1. The van der Waals surface area contributed by atoms with Gasteiger partial charge >= 0.3 is 0 Å².